The first-order chi connectivity index (χ1) is 8.75. The van der Waals surface area contributed by atoms with Gasteiger partial charge in [-0.2, -0.15) is 0 Å². The predicted octanol–water partition coefficient (Wildman–Crippen LogP) is 3.65. The third-order valence-corrected chi connectivity index (χ3v) is 4.30. The maximum absolute atomic E-state index is 12.5. The molecule has 0 unspecified atom stereocenters. The molecule has 2 nitrogen and oxygen atoms in total. The van der Waals surface area contributed by atoms with Crippen LogP contribution in [-0.4, -0.2) is 12.3 Å². The normalized spacial score (nSPS) is 13.8. The lowest BCUT2D eigenvalue weighted by molar-refractivity contribution is 0.104. The summed E-state index contributed by atoms with van der Waals surface area (Å²) in [5.74, 6) is 0.161. The van der Waals surface area contributed by atoms with Crippen LogP contribution in [0.1, 0.15) is 32.1 Å². The van der Waals surface area contributed by atoms with Gasteiger partial charge in [0.15, 0.2) is 0 Å². The highest BCUT2D eigenvalue weighted by atomic mass is 32.1. The zero-order valence-electron chi connectivity index (χ0n) is 10.3. The molecule has 0 radical (unpaired) electrons. The molecule has 0 bridgehead atoms. The number of hydrogen-bond donors (Lipinski definition) is 1. The highest BCUT2D eigenvalue weighted by Gasteiger charge is 2.19. The molecular formula is C15H15NOS. The highest BCUT2D eigenvalue weighted by Crippen LogP contribution is 2.28. The van der Waals surface area contributed by atoms with Gasteiger partial charge >= 0.3 is 0 Å². The number of benzene rings is 1. The molecule has 0 saturated heterocycles. The molecule has 1 aliphatic heterocycles. The summed E-state index contributed by atoms with van der Waals surface area (Å²) < 4.78 is 0. The minimum absolute atomic E-state index is 0.161. The summed E-state index contributed by atoms with van der Waals surface area (Å²) in [5, 5.41) is 3.37. The monoisotopic (exact) mass is 257 g/mol. The van der Waals surface area contributed by atoms with Crippen LogP contribution in [0.2, 0.25) is 0 Å². The van der Waals surface area contributed by atoms with Gasteiger partial charge in [0.05, 0.1) is 4.88 Å². The summed E-state index contributed by atoms with van der Waals surface area (Å²) >= 11 is 1.57. The fourth-order valence-electron chi connectivity index (χ4n) is 2.41. The minimum Gasteiger partial charge on any atom is -0.385 e. The van der Waals surface area contributed by atoms with Crippen molar-refractivity contribution in [3.05, 3.63) is 51.2 Å². The van der Waals surface area contributed by atoms with Crippen LogP contribution in [-0.2, 0) is 6.42 Å². The van der Waals surface area contributed by atoms with Crippen LogP contribution < -0.4 is 5.32 Å². The second kappa shape index (κ2) is 4.58. The Morgan fingerprint density at radius 3 is 2.94 bits per heavy atom. The molecule has 18 heavy (non-hydrogen) atoms. The SMILES string of the molecule is Cc1ccc(C(=O)c2cccc3c2CCCN3)s1. The van der Waals surface area contributed by atoms with Crippen molar-refractivity contribution in [2.45, 2.75) is 19.8 Å². The van der Waals surface area contributed by atoms with Crippen LogP contribution in [0, 0.1) is 6.92 Å². The Balaban J connectivity index is 2.04. The zero-order chi connectivity index (χ0) is 12.5. The number of ketones is 1. The van der Waals surface area contributed by atoms with Gasteiger partial charge in [0.25, 0.3) is 0 Å². The fourth-order valence-corrected chi connectivity index (χ4v) is 3.23. The van der Waals surface area contributed by atoms with Crippen LogP contribution in [0.3, 0.4) is 0 Å². The Kier molecular flexibility index (Phi) is 2.92. The molecule has 0 amide bonds. The van der Waals surface area contributed by atoms with E-state index in [1.807, 2.05) is 31.2 Å². The van der Waals surface area contributed by atoms with E-state index in [-0.39, 0.29) is 5.78 Å². The van der Waals surface area contributed by atoms with Crippen molar-refractivity contribution in [1.82, 2.24) is 0 Å². The fraction of sp³-hybridized carbons (Fsp3) is 0.267. The molecule has 92 valence electrons. The number of nitrogens with one attached hydrogen (secondary N) is 1. The summed E-state index contributed by atoms with van der Waals surface area (Å²) in [5.41, 5.74) is 3.17. The number of carbonyl (C=O) groups excluding carboxylic acids is 1. The molecule has 0 saturated carbocycles. The van der Waals surface area contributed by atoms with Gasteiger partial charge in [0.1, 0.15) is 0 Å². The number of carbonyl (C=O) groups is 1. The number of thiophene rings is 1. The van der Waals surface area contributed by atoms with Gasteiger partial charge in [-0.25, -0.2) is 0 Å². The van der Waals surface area contributed by atoms with Crippen LogP contribution >= 0.6 is 11.3 Å². The third-order valence-electron chi connectivity index (χ3n) is 3.30. The lowest BCUT2D eigenvalue weighted by Crippen LogP contribution is -2.15. The molecule has 1 N–H and O–H groups in total. The molecule has 1 aliphatic rings. The van der Waals surface area contributed by atoms with E-state index < -0.39 is 0 Å². The number of fused-ring (bicyclic) bond motifs is 1. The molecule has 1 aromatic heterocycles. The zero-order valence-corrected chi connectivity index (χ0v) is 11.1. The van der Waals surface area contributed by atoms with Crippen molar-refractivity contribution in [2.24, 2.45) is 0 Å². The molecule has 2 heterocycles. The Morgan fingerprint density at radius 1 is 1.28 bits per heavy atom. The molecule has 0 atom stereocenters. The van der Waals surface area contributed by atoms with Crippen molar-refractivity contribution in [3.63, 3.8) is 0 Å². The van der Waals surface area contributed by atoms with E-state index in [9.17, 15) is 4.79 Å². The van der Waals surface area contributed by atoms with Gasteiger partial charge in [0.2, 0.25) is 5.78 Å². The van der Waals surface area contributed by atoms with E-state index in [2.05, 4.69) is 11.4 Å². The van der Waals surface area contributed by atoms with Gasteiger partial charge in [-0.3, -0.25) is 4.79 Å². The smallest absolute Gasteiger partial charge is 0.203 e. The van der Waals surface area contributed by atoms with Gasteiger partial charge in [0, 0.05) is 22.7 Å². The Hall–Kier alpha value is -1.61. The number of hydrogen-bond acceptors (Lipinski definition) is 3. The second-order valence-corrected chi connectivity index (χ2v) is 5.89. The Labute approximate surface area is 111 Å². The topological polar surface area (TPSA) is 29.1 Å². The predicted molar refractivity (Wildman–Crippen MR) is 75.7 cm³/mol. The standard InChI is InChI=1S/C15H15NOS/c1-10-7-8-14(18-10)15(17)12-4-2-6-13-11(12)5-3-9-16-13/h2,4,6-8,16H,3,5,9H2,1H3. The van der Waals surface area contributed by atoms with E-state index in [1.165, 1.54) is 10.4 Å². The molecule has 2 aromatic rings. The van der Waals surface area contributed by atoms with Crippen LogP contribution in [0.15, 0.2) is 30.3 Å². The number of aryl methyl sites for hydroxylation is 1. The molecular weight excluding hydrogens is 242 g/mol. The van der Waals surface area contributed by atoms with E-state index in [0.29, 0.717) is 0 Å². The molecule has 0 spiro atoms. The summed E-state index contributed by atoms with van der Waals surface area (Å²) in [6, 6.07) is 9.91. The third kappa shape index (κ3) is 1.95. The van der Waals surface area contributed by atoms with Crippen molar-refractivity contribution < 1.29 is 4.79 Å². The van der Waals surface area contributed by atoms with Crippen molar-refractivity contribution >= 4 is 22.8 Å². The molecule has 3 rings (SSSR count). The average molecular weight is 257 g/mol. The first-order valence-corrected chi connectivity index (χ1v) is 7.04. The summed E-state index contributed by atoms with van der Waals surface area (Å²) in [6.45, 7) is 3.03. The highest BCUT2D eigenvalue weighted by molar-refractivity contribution is 7.14. The molecule has 1 aromatic carbocycles. The van der Waals surface area contributed by atoms with Crippen LogP contribution in [0.5, 0.6) is 0 Å². The van der Waals surface area contributed by atoms with E-state index in [0.717, 1.165) is 35.5 Å². The van der Waals surface area contributed by atoms with Crippen molar-refractivity contribution in [1.29, 1.82) is 0 Å². The quantitative estimate of drug-likeness (QED) is 0.832. The van der Waals surface area contributed by atoms with Gasteiger partial charge in [-0.05, 0) is 43.5 Å². The largest absolute Gasteiger partial charge is 0.385 e. The summed E-state index contributed by atoms with van der Waals surface area (Å²) in [4.78, 5) is 14.5. The summed E-state index contributed by atoms with van der Waals surface area (Å²) in [6.07, 6.45) is 2.09. The Morgan fingerprint density at radius 2 is 2.17 bits per heavy atom. The minimum atomic E-state index is 0.161. The van der Waals surface area contributed by atoms with Crippen LogP contribution in [0.4, 0.5) is 5.69 Å². The van der Waals surface area contributed by atoms with E-state index >= 15 is 0 Å². The first-order valence-electron chi connectivity index (χ1n) is 6.22. The Bertz CT molecular complexity index is 600. The summed E-state index contributed by atoms with van der Waals surface area (Å²) in [7, 11) is 0. The molecule has 0 fully saturated rings. The van der Waals surface area contributed by atoms with Gasteiger partial charge < -0.3 is 5.32 Å². The van der Waals surface area contributed by atoms with E-state index in [4.69, 9.17) is 0 Å². The maximum Gasteiger partial charge on any atom is 0.203 e. The second-order valence-electron chi connectivity index (χ2n) is 4.60. The lowest BCUT2D eigenvalue weighted by Gasteiger charge is -2.20. The number of rotatable bonds is 2. The van der Waals surface area contributed by atoms with Gasteiger partial charge in [-0.15, -0.1) is 11.3 Å². The average Bonchev–Trinajstić information content (AvgIpc) is 2.84. The number of anilines is 1. The van der Waals surface area contributed by atoms with Crippen molar-refractivity contribution in [2.75, 3.05) is 11.9 Å². The van der Waals surface area contributed by atoms with Gasteiger partial charge in [-0.1, -0.05) is 12.1 Å². The molecule has 3 heteroatoms. The lowest BCUT2D eigenvalue weighted by atomic mass is 9.95. The van der Waals surface area contributed by atoms with Crippen molar-refractivity contribution in [3.8, 4) is 0 Å². The van der Waals surface area contributed by atoms with Crippen LogP contribution in [0.25, 0.3) is 0 Å². The molecule has 0 aliphatic carbocycles. The first kappa shape index (κ1) is 11.5. The van der Waals surface area contributed by atoms with E-state index in [1.54, 1.807) is 11.3 Å². The maximum atomic E-state index is 12.5.